The number of hydrogen-bond donors (Lipinski definition) is 1. The maximum Gasteiger partial charge on any atom is 0.416 e. The molecule has 0 aliphatic carbocycles. The molecule has 4 unspecified atom stereocenters. The van der Waals surface area contributed by atoms with Gasteiger partial charge in [0, 0.05) is 13.1 Å². The number of likely N-dealkylation sites (tertiary alicyclic amines) is 2. The van der Waals surface area contributed by atoms with Gasteiger partial charge in [0.05, 0.1) is 35.4 Å². The zero-order valence-electron chi connectivity index (χ0n) is 24.1. The molecule has 0 saturated carbocycles. The molecule has 3 amide bonds. The number of carbonyl (C=O) groups excluding carboxylic acids is 3. The van der Waals surface area contributed by atoms with E-state index in [1.807, 2.05) is 0 Å². The molecule has 0 aromatic heterocycles. The number of hydrogen-bond acceptors (Lipinski definition) is 6. The lowest BCUT2D eigenvalue weighted by molar-refractivity contribution is -0.143. The highest BCUT2D eigenvalue weighted by Gasteiger charge is 2.54. The summed E-state index contributed by atoms with van der Waals surface area (Å²) < 4.78 is 86.4. The smallest absolute Gasteiger partial charge is 0.416 e. The largest absolute Gasteiger partial charge is 0.444 e. The summed E-state index contributed by atoms with van der Waals surface area (Å²) in [5, 5.41) is 12.0. The molecule has 3 aliphatic heterocycles. The minimum Gasteiger partial charge on any atom is -0.444 e. The Morgan fingerprint density at radius 3 is 2.19 bits per heavy atom. The van der Waals surface area contributed by atoms with Gasteiger partial charge in [-0.25, -0.2) is 4.79 Å². The fraction of sp³-hybridized carbons (Fsp3) is 0.643. The molecule has 1 aromatic rings. The van der Waals surface area contributed by atoms with Crippen molar-refractivity contribution < 1.29 is 45.5 Å². The van der Waals surface area contributed by atoms with Crippen LogP contribution in [0.5, 0.6) is 0 Å². The molecular weight excluding hydrogens is 584 g/mol. The third kappa shape index (κ3) is 6.84. The summed E-state index contributed by atoms with van der Waals surface area (Å²) in [7, 11) is 0. The van der Waals surface area contributed by atoms with Gasteiger partial charge >= 0.3 is 18.4 Å². The summed E-state index contributed by atoms with van der Waals surface area (Å²) in [6, 6.07) is -0.591. The quantitative estimate of drug-likeness (QED) is 0.459. The van der Waals surface area contributed by atoms with Crippen LogP contribution in [0.15, 0.2) is 18.2 Å². The second-order valence-corrected chi connectivity index (χ2v) is 12.0. The van der Waals surface area contributed by atoms with Gasteiger partial charge in [0.2, 0.25) is 11.8 Å². The van der Waals surface area contributed by atoms with Crippen LogP contribution in [0, 0.1) is 11.3 Å². The normalized spacial score (nSPS) is 24.2. The Labute approximate surface area is 244 Å². The third-order valence-corrected chi connectivity index (χ3v) is 7.92. The molecule has 0 radical (unpaired) electrons. The Bertz CT molecular complexity index is 1270. The average molecular weight is 618 g/mol. The van der Waals surface area contributed by atoms with E-state index in [0.29, 0.717) is 37.8 Å². The molecule has 4 rings (SSSR count). The van der Waals surface area contributed by atoms with Crippen molar-refractivity contribution >= 4 is 17.9 Å². The number of fused-ring (bicyclic) bond motifs is 2. The molecular formula is C28H33F6N5O4. The Morgan fingerprint density at radius 2 is 1.65 bits per heavy atom. The molecule has 3 heterocycles. The van der Waals surface area contributed by atoms with E-state index in [9.17, 15) is 46.0 Å². The van der Waals surface area contributed by atoms with E-state index in [0.717, 1.165) is 0 Å². The van der Waals surface area contributed by atoms with Crippen LogP contribution in [-0.2, 0) is 26.7 Å². The SMILES string of the molecule is CC(c1cc(C(F)(F)F)cc(C(F)(F)F)c1)N1C(=O)C2CCC1N2C[C@H](NC(=O)OC(C)(C)C)C(=O)N1CCCC1C#N. The Kier molecular flexibility index (Phi) is 8.67. The fourth-order valence-electron chi connectivity index (χ4n) is 6.02. The number of alkyl halides is 6. The molecule has 1 aromatic carbocycles. The van der Waals surface area contributed by atoms with Gasteiger partial charge in [-0.15, -0.1) is 0 Å². The number of halogens is 6. The Balaban J connectivity index is 1.63. The van der Waals surface area contributed by atoms with E-state index in [-0.39, 0.29) is 24.7 Å². The second kappa shape index (κ2) is 11.5. The van der Waals surface area contributed by atoms with Crippen LogP contribution in [0.25, 0.3) is 0 Å². The molecule has 9 nitrogen and oxygen atoms in total. The van der Waals surface area contributed by atoms with E-state index in [4.69, 9.17) is 4.74 Å². The number of amides is 3. The molecule has 236 valence electrons. The van der Waals surface area contributed by atoms with E-state index in [1.165, 1.54) is 16.7 Å². The van der Waals surface area contributed by atoms with Crippen molar-refractivity contribution in [1.82, 2.24) is 20.0 Å². The van der Waals surface area contributed by atoms with Crippen molar-refractivity contribution in [2.24, 2.45) is 0 Å². The van der Waals surface area contributed by atoms with Crippen molar-refractivity contribution in [2.45, 2.75) is 102 Å². The molecule has 3 saturated heterocycles. The standard InChI is InChI=1S/C28H33F6N5O4/c1-15(16-10-17(27(29,30)31)12-18(11-16)28(32,33)34)39-22-8-7-21(24(39)41)38(22)14-20(36-25(42)43-26(2,3)4)23(40)37-9-5-6-19(37)13-35/h10-12,15,19-22H,5-9,14H2,1-4H3,(H,36,42)/t15?,19?,20-,21?,22?/m0/s1. The van der Waals surface area contributed by atoms with Crippen LogP contribution >= 0.6 is 0 Å². The van der Waals surface area contributed by atoms with Gasteiger partial charge in [-0.2, -0.15) is 31.6 Å². The van der Waals surface area contributed by atoms with Crippen molar-refractivity contribution in [3.05, 3.63) is 34.9 Å². The van der Waals surface area contributed by atoms with Crippen LogP contribution in [-0.4, -0.2) is 75.6 Å². The lowest BCUT2D eigenvalue weighted by Crippen LogP contribution is -2.56. The monoisotopic (exact) mass is 617 g/mol. The van der Waals surface area contributed by atoms with Crippen LogP contribution in [0.2, 0.25) is 0 Å². The summed E-state index contributed by atoms with van der Waals surface area (Å²) in [4.78, 5) is 44.0. The number of nitriles is 1. The Hall–Kier alpha value is -3.54. The second-order valence-electron chi connectivity index (χ2n) is 12.0. The van der Waals surface area contributed by atoms with Crippen LogP contribution in [0.4, 0.5) is 31.1 Å². The third-order valence-electron chi connectivity index (χ3n) is 7.92. The fourth-order valence-corrected chi connectivity index (χ4v) is 6.02. The first-order valence-corrected chi connectivity index (χ1v) is 13.9. The minimum absolute atomic E-state index is 0.0336. The first-order valence-electron chi connectivity index (χ1n) is 13.9. The van der Waals surface area contributed by atoms with E-state index >= 15 is 0 Å². The van der Waals surface area contributed by atoms with Gasteiger partial charge in [-0.05, 0) is 77.1 Å². The lowest BCUT2D eigenvalue weighted by Gasteiger charge is -2.35. The lowest BCUT2D eigenvalue weighted by atomic mass is 9.97. The highest BCUT2D eigenvalue weighted by molar-refractivity contribution is 5.88. The van der Waals surface area contributed by atoms with Gasteiger partial charge in [0.1, 0.15) is 17.7 Å². The number of nitrogens with one attached hydrogen (secondary N) is 1. The molecule has 3 fully saturated rings. The van der Waals surface area contributed by atoms with Crippen LogP contribution < -0.4 is 5.32 Å². The number of benzene rings is 1. The zero-order chi connectivity index (χ0) is 32.1. The molecule has 2 bridgehead atoms. The summed E-state index contributed by atoms with van der Waals surface area (Å²) in [6.45, 7) is 6.35. The number of alkyl carbamates (subject to hydrolysis) is 1. The number of ether oxygens (including phenoxy) is 1. The van der Waals surface area contributed by atoms with Gasteiger partial charge in [-0.1, -0.05) is 0 Å². The molecule has 15 heteroatoms. The van der Waals surface area contributed by atoms with Crippen LogP contribution in [0.1, 0.15) is 76.1 Å². The van der Waals surface area contributed by atoms with Crippen molar-refractivity contribution in [3.8, 4) is 6.07 Å². The van der Waals surface area contributed by atoms with Gasteiger partial charge in [-0.3, -0.25) is 14.5 Å². The predicted molar refractivity (Wildman–Crippen MR) is 139 cm³/mol. The number of nitrogens with zero attached hydrogens (tertiary/aromatic N) is 4. The molecule has 5 atom stereocenters. The minimum atomic E-state index is -5.05. The first kappa shape index (κ1) is 32.4. The maximum absolute atomic E-state index is 13.6. The maximum atomic E-state index is 13.6. The number of rotatable bonds is 6. The summed E-state index contributed by atoms with van der Waals surface area (Å²) >= 11 is 0. The molecule has 3 aliphatic rings. The van der Waals surface area contributed by atoms with Crippen molar-refractivity contribution in [1.29, 1.82) is 5.26 Å². The highest BCUT2D eigenvalue weighted by Crippen LogP contribution is 2.43. The van der Waals surface area contributed by atoms with Crippen molar-refractivity contribution in [2.75, 3.05) is 13.1 Å². The zero-order valence-corrected chi connectivity index (χ0v) is 24.1. The summed E-state index contributed by atoms with van der Waals surface area (Å²) in [6.07, 6.45) is -10.0. The predicted octanol–water partition coefficient (Wildman–Crippen LogP) is 4.83. The van der Waals surface area contributed by atoms with Gasteiger partial charge in [0.15, 0.2) is 0 Å². The number of piperidine rings is 1. The summed E-state index contributed by atoms with van der Waals surface area (Å²) in [5.41, 5.74) is -4.20. The average Bonchev–Trinajstić information content (AvgIpc) is 3.58. The Morgan fingerprint density at radius 1 is 1.05 bits per heavy atom. The summed E-state index contributed by atoms with van der Waals surface area (Å²) in [5.74, 6) is -1.06. The molecule has 43 heavy (non-hydrogen) atoms. The first-order chi connectivity index (χ1) is 19.8. The van der Waals surface area contributed by atoms with E-state index in [1.54, 1.807) is 25.7 Å². The van der Waals surface area contributed by atoms with Gasteiger partial charge in [0.25, 0.3) is 0 Å². The topological polar surface area (TPSA) is 106 Å². The van der Waals surface area contributed by atoms with Gasteiger partial charge < -0.3 is 19.9 Å². The van der Waals surface area contributed by atoms with E-state index in [2.05, 4.69) is 11.4 Å². The van der Waals surface area contributed by atoms with E-state index < -0.39 is 77.3 Å². The van der Waals surface area contributed by atoms with Crippen molar-refractivity contribution in [3.63, 3.8) is 0 Å². The van der Waals surface area contributed by atoms with Crippen LogP contribution in [0.3, 0.4) is 0 Å². The number of carbonyl (C=O) groups is 3. The molecule has 0 spiro atoms. The molecule has 1 N–H and O–H groups in total. The highest BCUT2D eigenvalue weighted by atomic mass is 19.4.